The molecule has 4 N–H and O–H groups in total. The van der Waals surface area contributed by atoms with Gasteiger partial charge in [0.1, 0.15) is 18.7 Å². The minimum atomic E-state index is -1.42. The summed E-state index contributed by atoms with van der Waals surface area (Å²) in [5.74, 6) is -3.66. The number of alkyl carbamates (subject to hydrolysis) is 1. The lowest BCUT2D eigenvalue weighted by atomic mass is 9.98. The largest absolute Gasteiger partial charge is 0.480 e. The lowest BCUT2D eigenvalue weighted by Gasteiger charge is -2.23. The monoisotopic (exact) mass is 410 g/mol. The fraction of sp³-hybridized carbons (Fsp3) is 0.474. The van der Waals surface area contributed by atoms with Crippen LogP contribution >= 0.6 is 0 Å². The van der Waals surface area contributed by atoms with E-state index in [4.69, 9.17) is 9.47 Å². The number of rotatable bonds is 11. The Balaban J connectivity index is 2.62. The van der Waals surface area contributed by atoms with Crippen LogP contribution in [0.25, 0.3) is 0 Å². The number of esters is 1. The number of carbonyl (C=O) groups excluding carboxylic acids is 3. The minimum absolute atomic E-state index is 0.0409. The molecule has 0 bridgehead atoms. The first-order valence-electron chi connectivity index (χ1n) is 9.05. The molecule has 0 aliphatic rings. The molecule has 10 nitrogen and oxygen atoms in total. The van der Waals surface area contributed by atoms with Crippen LogP contribution in [0.4, 0.5) is 4.79 Å². The van der Waals surface area contributed by atoms with Gasteiger partial charge in [-0.3, -0.25) is 9.59 Å². The number of hydrogen-bond acceptors (Lipinski definition) is 7. The summed E-state index contributed by atoms with van der Waals surface area (Å²) in [5, 5.41) is 23.1. The van der Waals surface area contributed by atoms with Gasteiger partial charge in [0.25, 0.3) is 0 Å². The summed E-state index contributed by atoms with van der Waals surface area (Å²) < 4.78 is 9.75. The van der Waals surface area contributed by atoms with Crippen LogP contribution in [0.3, 0.4) is 0 Å². The third-order valence-electron chi connectivity index (χ3n) is 3.93. The van der Waals surface area contributed by atoms with Crippen molar-refractivity contribution in [3.63, 3.8) is 0 Å². The average Bonchev–Trinajstić information content (AvgIpc) is 2.69. The first-order chi connectivity index (χ1) is 13.8. The van der Waals surface area contributed by atoms with E-state index in [1.165, 1.54) is 6.92 Å². The Bertz CT molecular complexity index is 695. The first kappa shape index (κ1) is 23.9. The molecule has 2 amide bonds. The van der Waals surface area contributed by atoms with Gasteiger partial charge in [0.2, 0.25) is 5.91 Å². The summed E-state index contributed by atoms with van der Waals surface area (Å²) >= 11 is 0. The molecule has 0 aliphatic carbocycles. The maximum Gasteiger partial charge on any atom is 0.408 e. The molecule has 0 spiro atoms. The molecule has 0 saturated heterocycles. The molecule has 0 radical (unpaired) electrons. The number of aliphatic hydroxyl groups is 1. The smallest absolute Gasteiger partial charge is 0.408 e. The van der Waals surface area contributed by atoms with Crippen molar-refractivity contribution in [3.8, 4) is 0 Å². The van der Waals surface area contributed by atoms with Gasteiger partial charge < -0.3 is 30.3 Å². The number of benzene rings is 1. The number of aliphatic hydroxyl groups excluding tert-OH is 1. The molecule has 3 atom stereocenters. The molecule has 0 aromatic heterocycles. The van der Waals surface area contributed by atoms with Gasteiger partial charge in [0, 0.05) is 0 Å². The number of amides is 2. The summed E-state index contributed by atoms with van der Waals surface area (Å²) in [5.41, 5.74) is 0.728. The quantitative estimate of drug-likeness (QED) is 0.384. The summed E-state index contributed by atoms with van der Waals surface area (Å²) in [6.45, 7) is 2.42. The predicted molar refractivity (Wildman–Crippen MR) is 101 cm³/mol. The standard InChI is InChI=1S/C19H26N2O8/c1-3-28-15(23)9-12(2)16(18(25)26)21-17(24)14(10-22)20-19(27)29-11-13-7-5-4-6-8-13/h4-8,12,14,16,22H,3,9-11H2,1-2H3,(H,20,27)(H,21,24)(H,25,26)/t12-,14+,16+/m1/s1. The highest BCUT2D eigenvalue weighted by atomic mass is 16.5. The first-order valence-corrected chi connectivity index (χ1v) is 9.05. The molecule has 0 heterocycles. The van der Waals surface area contributed by atoms with Crippen LogP contribution < -0.4 is 10.6 Å². The SMILES string of the molecule is CCOC(=O)C[C@@H](C)[C@H](NC(=O)[C@H](CO)NC(=O)OCc1ccccc1)C(=O)O. The summed E-state index contributed by atoms with van der Waals surface area (Å²) in [6.07, 6.45) is -1.17. The molecule has 10 heteroatoms. The van der Waals surface area contributed by atoms with Crippen LogP contribution in [-0.2, 0) is 30.5 Å². The van der Waals surface area contributed by atoms with E-state index >= 15 is 0 Å². The number of carboxylic acid groups (broad SMARTS) is 1. The Kier molecular flexibility index (Phi) is 10.2. The lowest BCUT2D eigenvalue weighted by molar-refractivity contribution is -0.147. The highest BCUT2D eigenvalue weighted by Gasteiger charge is 2.31. The van der Waals surface area contributed by atoms with E-state index in [0.717, 1.165) is 5.56 Å². The molecule has 0 fully saturated rings. The van der Waals surface area contributed by atoms with Crippen LogP contribution in [-0.4, -0.2) is 59.4 Å². The second kappa shape index (κ2) is 12.3. The van der Waals surface area contributed by atoms with Crippen LogP contribution in [0, 0.1) is 5.92 Å². The van der Waals surface area contributed by atoms with Gasteiger partial charge >= 0.3 is 18.0 Å². The zero-order valence-electron chi connectivity index (χ0n) is 16.3. The Morgan fingerprint density at radius 3 is 2.28 bits per heavy atom. The summed E-state index contributed by atoms with van der Waals surface area (Å²) in [6, 6.07) is 5.99. The van der Waals surface area contributed by atoms with E-state index in [1.807, 2.05) is 0 Å². The molecule has 0 saturated carbocycles. The zero-order valence-corrected chi connectivity index (χ0v) is 16.3. The van der Waals surface area contributed by atoms with Crippen molar-refractivity contribution in [2.75, 3.05) is 13.2 Å². The molecule has 0 aliphatic heterocycles. The number of carboxylic acids is 1. The molecular formula is C19H26N2O8. The maximum atomic E-state index is 12.3. The van der Waals surface area contributed by atoms with E-state index < -0.39 is 48.5 Å². The van der Waals surface area contributed by atoms with Crippen molar-refractivity contribution in [1.29, 1.82) is 0 Å². The van der Waals surface area contributed by atoms with Crippen LogP contribution in [0.15, 0.2) is 30.3 Å². The average molecular weight is 410 g/mol. The fourth-order valence-electron chi connectivity index (χ4n) is 2.40. The molecule has 1 rings (SSSR count). The van der Waals surface area contributed by atoms with Gasteiger partial charge in [-0.05, 0) is 18.4 Å². The minimum Gasteiger partial charge on any atom is -0.480 e. The Labute approximate surface area is 168 Å². The molecule has 1 aromatic carbocycles. The molecular weight excluding hydrogens is 384 g/mol. The Morgan fingerprint density at radius 2 is 1.72 bits per heavy atom. The third-order valence-corrected chi connectivity index (χ3v) is 3.93. The maximum absolute atomic E-state index is 12.3. The number of nitrogens with one attached hydrogen (secondary N) is 2. The van der Waals surface area contributed by atoms with E-state index in [1.54, 1.807) is 37.3 Å². The van der Waals surface area contributed by atoms with Gasteiger partial charge in [-0.15, -0.1) is 0 Å². The molecule has 0 unspecified atom stereocenters. The number of hydrogen-bond donors (Lipinski definition) is 4. The van der Waals surface area contributed by atoms with E-state index in [-0.39, 0.29) is 19.6 Å². The number of carbonyl (C=O) groups is 4. The van der Waals surface area contributed by atoms with E-state index in [9.17, 15) is 29.4 Å². The summed E-state index contributed by atoms with van der Waals surface area (Å²) in [4.78, 5) is 47.2. The number of aliphatic carboxylic acids is 1. The zero-order chi connectivity index (χ0) is 21.8. The van der Waals surface area contributed by atoms with Gasteiger partial charge in [0.15, 0.2) is 0 Å². The van der Waals surface area contributed by atoms with Crippen LogP contribution in [0.2, 0.25) is 0 Å². The van der Waals surface area contributed by atoms with Crippen molar-refractivity contribution < 1.29 is 38.9 Å². The van der Waals surface area contributed by atoms with Crippen LogP contribution in [0.5, 0.6) is 0 Å². The predicted octanol–water partition coefficient (Wildman–Crippen LogP) is 0.432. The summed E-state index contributed by atoms with van der Waals surface area (Å²) in [7, 11) is 0. The molecule has 160 valence electrons. The van der Waals surface area contributed by atoms with Crippen molar-refractivity contribution in [2.24, 2.45) is 5.92 Å². The van der Waals surface area contributed by atoms with Crippen molar-refractivity contribution in [1.82, 2.24) is 10.6 Å². The molecule has 29 heavy (non-hydrogen) atoms. The fourth-order valence-corrected chi connectivity index (χ4v) is 2.40. The normalized spacial score (nSPS) is 13.5. The molecule has 1 aromatic rings. The second-order valence-corrected chi connectivity index (χ2v) is 6.25. The van der Waals surface area contributed by atoms with E-state index in [0.29, 0.717) is 0 Å². The van der Waals surface area contributed by atoms with Gasteiger partial charge in [0.05, 0.1) is 19.6 Å². The van der Waals surface area contributed by atoms with Crippen LogP contribution in [0.1, 0.15) is 25.8 Å². The highest BCUT2D eigenvalue weighted by molar-refractivity contribution is 5.89. The second-order valence-electron chi connectivity index (χ2n) is 6.25. The topological polar surface area (TPSA) is 151 Å². The van der Waals surface area contributed by atoms with Gasteiger partial charge in [-0.25, -0.2) is 9.59 Å². The van der Waals surface area contributed by atoms with Gasteiger partial charge in [-0.2, -0.15) is 0 Å². The van der Waals surface area contributed by atoms with Crippen molar-refractivity contribution in [2.45, 2.75) is 39.0 Å². The Hall–Kier alpha value is -3.14. The lowest BCUT2D eigenvalue weighted by Crippen LogP contribution is -2.55. The Morgan fingerprint density at radius 1 is 1.07 bits per heavy atom. The van der Waals surface area contributed by atoms with E-state index in [2.05, 4.69) is 10.6 Å². The van der Waals surface area contributed by atoms with Gasteiger partial charge in [-0.1, -0.05) is 37.3 Å². The van der Waals surface area contributed by atoms with Crippen molar-refractivity contribution in [3.05, 3.63) is 35.9 Å². The van der Waals surface area contributed by atoms with Crippen molar-refractivity contribution >= 4 is 23.9 Å². The third kappa shape index (κ3) is 8.60. The number of ether oxygens (including phenoxy) is 2. The highest BCUT2D eigenvalue weighted by Crippen LogP contribution is 2.10.